The van der Waals surface area contributed by atoms with Gasteiger partial charge in [0.2, 0.25) is 0 Å². The quantitative estimate of drug-likeness (QED) is 0.121. The van der Waals surface area contributed by atoms with Crippen LogP contribution in [-0.4, -0.2) is 12.1 Å². The summed E-state index contributed by atoms with van der Waals surface area (Å²) in [6.45, 7) is 2.30. The Morgan fingerprint density at radius 3 is 1.20 bits per heavy atom. The normalized spacial score (nSPS) is 16.3. The van der Waals surface area contributed by atoms with Gasteiger partial charge in [-0.2, -0.15) is 0 Å². The number of ether oxygens (including phenoxy) is 1. The van der Waals surface area contributed by atoms with Gasteiger partial charge in [0.05, 0.1) is 0 Å². The van der Waals surface area contributed by atoms with Crippen LogP contribution in [-0.2, 0) is 9.53 Å². The van der Waals surface area contributed by atoms with Crippen molar-refractivity contribution in [2.45, 2.75) is 174 Å². The Bertz CT molecular complexity index is 366. The molecule has 0 aliphatic carbocycles. The third kappa shape index (κ3) is 18.3. The third-order valence-electron chi connectivity index (χ3n) is 6.85. The van der Waals surface area contributed by atoms with E-state index < -0.39 is 0 Å². The highest BCUT2D eigenvalue weighted by Gasteiger charge is 2.22. The lowest BCUT2D eigenvalue weighted by molar-refractivity contribution is -0.141. The summed E-state index contributed by atoms with van der Waals surface area (Å²) in [4.78, 5) is 11.1. The highest BCUT2D eigenvalue weighted by Crippen LogP contribution is 2.20. The summed E-state index contributed by atoms with van der Waals surface area (Å²) in [5, 5.41) is 0. The zero-order valence-electron chi connectivity index (χ0n) is 20.6. The molecule has 0 spiro atoms. The van der Waals surface area contributed by atoms with E-state index in [4.69, 9.17) is 4.74 Å². The van der Waals surface area contributed by atoms with Crippen molar-refractivity contribution in [3.05, 3.63) is 0 Å². The Morgan fingerprint density at radius 2 is 0.900 bits per heavy atom. The molecular formula is C28H54O2. The Kier molecular flexibility index (Phi) is 19.9. The van der Waals surface area contributed by atoms with E-state index in [9.17, 15) is 4.79 Å². The first-order valence-electron chi connectivity index (χ1n) is 14.0. The van der Waals surface area contributed by atoms with Crippen LogP contribution >= 0.6 is 0 Å². The van der Waals surface area contributed by atoms with Gasteiger partial charge in [-0.3, -0.25) is 4.79 Å². The number of carbonyl (C=O) groups is 1. The average Bonchev–Trinajstić information content (AvgIpc) is 3.16. The molecule has 1 atom stereocenters. The van der Waals surface area contributed by atoms with Crippen molar-refractivity contribution in [2.24, 2.45) is 0 Å². The van der Waals surface area contributed by atoms with Crippen LogP contribution in [0.4, 0.5) is 0 Å². The molecule has 1 aliphatic heterocycles. The molecule has 1 aliphatic rings. The molecule has 1 heterocycles. The van der Waals surface area contributed by atoms with Gasteiger partial charge in [-0.25, -0.2) is 0 Å². The van der Waals surface area contributed by atoms with E-state index in [-0.39, 0.29) is 12.1 Å². The standard InChI is InChI=1S/C28H54O2/c1-2-3-4-5-6-7-8-9-10-11-12-13-14-15-16-17-18-19-20-21-22-23-24-27-25-26-28(29)30-27/h27H,2-26H2,1H3/t27-/m0/s1. The first kappa shape index (κ1) is 27.5. The number of hydrogen-bond acceptors (Lipinski definition) is 2. The van der Waals surface area contributed by atoms with Gasteiger partial charge in [0, 0.05) is 6.42 Å². The van der Waals surface area contributed by atoms with Gasteiger partial charge in [0.1, 0.15) is 6.10 Å². The van der Waals surface area contributed by atoms with Gasteiger partial charge in [-0.15, -0.1) is 0 Å². The van der Waals surface area contributed by atoms with Gasteiger partial charge >= 0.3 is 5.97 Å². The molecule has 0 aromatic carbocycles. The van der Waals surface area contributed by atoms with Gasteiger partial charge in [0.25, 0.3) is 0 Å². The maximum Gasteiger partial charge on any atom is 0.306 e. The minimum atomic E-state index is 0.0128. The van der Waals surface area contributed by atoms with Gasteiger partial charge in [0.15, 0.2) is 0 Å². The van der Waals surface area contributed by atoms with Gasteiger partial charge in [-0.1, -0.05) is 142 Å². The van der Waals surface area contributed by atoms with Crippen LogP contribution in [0.25, 0.3) is 0 Å². The molecule has 1 saturated heterocycles. The molecule has 0 saturated carbocycles. The molecule has 1 fully saturated rings. The van der Waals surface area contributed by atoms with Crippen LogP contribution in [0, 0.1) is 0 Å². The number of cyclic esters (lactones) is 1. The third-order valence-corrected chi connectivity index (χ3v) is 6.85. The summed E-state index contributed by atoms with van der Waals surface area (Å²) in [5.41, 5.74) is 0. The fraction of sp³-hybridized carbons (Fsp3) is 0.964. The smallest absolute Gasteiger partial charge is 0.306 e. The molecule has 0 bridgehead atoms. The summed E-state index contributed by atoms with van der Waals surface area (Å²) < 4.78 is 5.27. The zero-order chi connectivity index (χ0) is 21.5. The van der Waals surface area contributed by atoms with E-state index in [1.165, 1.54) is 141 Å². The summed E-state index contributed by atoms with van der Waals surface area (Å²) in [7, 11) is 0. The number of esters is 1. The minimum absolute atomic E-state index is 0.0128. The number of hydrogen-bond donors (Lipinski definition) is 0. The van der Waals surface area contributed by atoms with E-state index in [1.54, 1.807) is 0 Å². The second-order valence-electron chi connectivity index (χ2n) is 9.86. The summed E-state index contributed by atoms with van der Waals surface area (Å²) >= 11 is 0. The second-order valence-corrected chi connectivity index (χ2v) is 9.86. The molecule has 30 heavy (non-hydrogen) atoms. The molecule has 1 rings (SSSR count). The average molecular weight is 423 g/mol. The van der Waals surface area contributed by atoms with E-state index >= 15 is 0 Å². The lowest BCUT2D eigenvalue weighted by atomic mass is 10.0. The van der Waals surface area contributed by atoms with Crippen LogP contribution in [0.15, 0.2) is 0 Å². The largest absolute Gasteiger partial charge is 0.462 e. The van der Waals surface area contributed by atoms with E-state index in [1.807, 2.05) is 0 Å². The van der Waals surface area contributed by atoms with E-state index in [2.05, 4.69) is 6.92 Å². The predicted molar refractivity (Wildman–Crippen MR) is 131 cm³/mol. The van der Waals surface area contributed by atoms with Crippen molar-refractivity contribution in [2.75, 3.05) is 0 Å². The molecule has 178 valence electrons. The molecule has 0 aromatic heterocycles. The predicted octanol–water partition coefficient (Wildman–Crippen LogP) is 9.68. The van der Waals surface area contributed by atoms with Gasteiger partial charge < -0.3 is 4.74 Å². The number of carbonyl (C=O) groups excluding carboxylic acids is 1. The first-order chi connectivity index (χ1) is 14.8. The molecule has 2 nitrogen and oxygen atoms in total. The fourth-order valence-corrected chi connectivity index (χ4v) is 4.77. The van der Waals surface area contributed by atoms with Crippen molar-refractivity contribution in [1.29, 1.82) is 0 Å². The van der Waals surface area contributed by atoms with Crippen LogP contribution in [0.3, 0.4) is 0 Å². The van der Waals surface area contributed by atoms with E-state index in [0.29, 0.717) is 6.42 Å². The Balaban J connectivity index is 1.63. The lowest BCUT2D eigenvalue weighted by Crippen LogP contribution is -2.06. The molecular weight excluding hydrogens is 368 g/mol. The first-order valence-corrected chi connectivity index (χ1v) is 14.0. The Morgan fingerprint density at radius 1 is 0.567 bits per heavy atom. The Hall–Kier alpha value is -0.530. The maximum absolute atomic E-state index is 11.1. The Labute approximate surface area is 189 Å². The lowest BCUT2D eigenvalue weighted by Gasteiger charge is -2.08. The van der Waals surface area contributed by atoms with Gasteiger partial charge in [-0.05, 0) is 19.3 Å². The fourth-order valence-electron chi connectivity index (χ4n) is 4.77. The molecule has 2 heteroatoms. The maximum atomic E-state index is 11.1. The minimum Gasteiger partial charge on any atom is -0.462 e. The van der Waals surface area contributed by atoms with Crippen molar-refractivity contribution >= 4 is 5.97 Å². The van der Waals surface area contributed by atoms with Crippen molar-refractivity contribution in [3.8, 4) is 0 Å². The highest BCUT2D eigenvalue weighted by atomic mass is 16.5. The van der Waals surface area contributed by atoms with Crippen molar-refractivity contribution in [1.82, 2.24) is 0 Å². The second kappa shape index (κ2) is 21.7. The van der Waals surface area contributed by atoms with Crippen LogP contribution in [0.2, 0.25) is 0 Å². The topological polar surface area (TPSA) is 26.3 Å². The van der Waals surface area contributed by atoms with Crippen LogP contribution in [0.5, 0.6) is 0 Å². The number of rotatable bonds is 23. The summed E-state index contributed by atoms with van der Waals surface area (Å²) in [6.07, 6.45) is 34.4. The van der Waals surface area contributed by atoms with Crippen molar-refractivity contribution in [3.63, 3.8) is 0 Å². The zero-order valence-corrected chi connectivity index (χ0v) is 20.6. The van der Waals surface area contributed by atoms with Crippen molar-refractivity contribution < 1.29 is 9.53 Å². The number of unbranched alkanes of at least 4 members (excludes halogenated alkanes) is 21. The molecule has 0 amide bonds. The molecule has 0 aromatic rings. The molecule has 0 N–H and O–H groups in total. The molecule has 0 unspecified atom stereocenters. The van der Waals surface area contributed by atoms with Crippen LogP contribution < -0.4 is 0 Å². The SMILES string of the molecule is CCCCCCCCCCCCCCCCCCCCCCCC[C@H]1CCC(=O)O1. The highest BCUT2D eigenvalue weighted by molar-refractivity contribution is 5.71. The monoisotopic (exact) mass is 422 g/mol. The summed E-state index contributed by atoms with van der Waals surface area (Å²) in [5.74, 6) is 0.0128. The van der Waals surface area contributed by atoms with Crippen LogP contribution in [0.1, 0.15) is 167 Å². The van der Waals surface area contributed by atoms with E-state index in [0.717, 1.165) is 12.8 Å². The molecule has 0 radical (unpaired) electrons. The summed E-state index contributed by atoms with van der Waals surface area (Å²) in [6, 6.07) is 0.